The molecule has 2 saturated carbocycles. The van der Waals surface area contributed by atoms with E-state index < -0.39 is 0 Å². The molecule has 0 radical (unpaired) electrons. The Bertz CT molecular complexity index is 299. The molecule has 0 aromatic heterocycles. The first-order valence-electron chi connectivity index (χ1n) is 8.91. The van der Waals surface area contributed by atoms with Crippen LogP contribution in [0.2, 0.25) is 0 Å². The van der Waals surface area contributed by atoms with Crippen molar-refractivity contribution < 1.29 is 5.11 Å². The van der Waals surface area contributed by atoms with Crippen LogP contribution in [-0.4, -0.2) is 47.8 Å². The van der Waals surface area contributed by atoms with E-state index in [1.807, 2.05) is 0 Å². The maximum Gasteiger partial charge on any atom is 0.0578 e. The first-order valence-corrected chi connectivity index (χ1v) is 8.91. The van der Waals surface area contributed by atoms with Gasteiger partial charge in [-0.15, -0.1) is 0 Å². The quantitative estimate of drug-likeness (QED) is 0.784. The standard InChI is InChI=1S/C17H32N2O/c1-2-17(20)14-9-16(18-15-5-3-4-6-15)12-19(11-14)10-13-7-8-13/h13-18,20H,2-12H2,1H3. The number of piperidine rings is 1. The fraction of sp³-hybridized carbons (Fsp3) is 1.00. The Morgan fingerprint density at radius 3 is 2.50 bits per heavy atom. The van der Waals surface area contributed by atoms with Gasteiger partial charge in [-0.2, -0.15) is 0 Å². The Labute approximate surface area is 124 Å². The van der Waals surface area contributed by atoms with Gasteiger partial charge in [0.25, 0.3) is 0 Å². The SMILES string of the molecule is CCC(O)C1CC(NC2CCCC2)CN(CC2CC2)C1. The van der Waals surface area contributed by atoms with Gasteiger partial charge in [-0.1, -0.05) is 19.8 Å². The van der Waals surface area contributed by atoms with Crippen molar-refractivity contribution in [2.24, 2.45) is 11.8 Å². The van der Waals surface area contributed by atoms with Crippen molar-refractivity contribution in [3.8, 4) is 0 Å². The highest BCUT2D eigenvalue weighted by molar-refractivity contribution is 4.91. The number of hydrogen-bond acceptors (Lipinski definition) is 3. The summed E-state index contributed by atoms with van der Waals surface area (Å²) in [4.78, 5) is 2.64. The molecule has 3 fully saturated rings. The van der Waals surface area contributed by atoms with Crippen LogP contribution in [-0.2, 0) is 0 Å². The number of aliphatic hydroxyl groups is 1. The third-order valence-electron chi connectivity index (χ3n) is 5.56. The van der Waals surface area contributed by atoms with Crippen molar-refractivity contribution in [3.05, 3.63) is 0 Å². The molecule has 20 heavy (non-hydrogen) atoms. The number of rotatable bonds is 6. The first kappa shape index (κ1) is 14.8. The van der Waals surface area contributed by atoms with Gasteiger partial charge in [-0.25, -0.2) is 0 Å². The third kappa shape index (κ3) is 3.96. The van der Waals surface area contributed by atoms with Gasteiger partial charge in [0.05, 0.1) is 6.10 Å². The summed E-state index contributed by atoms with van der Waals surface area (Å²) in [6.45, 7) is 5.72. The number of nitrogens with one attached hydrogen (secondary N) is 1. The Morgan fingerprint density at radius 2 is 1.85 bits per heavy atom. The summed E-state index contributed by atoms with van der Waals surface area (Å²) in [7, 11) is 0. The molecule has 3 heteroatoms. The fourth-order valence-electron chi connectivity index (χ4n) is 4.21. The molecule has 2 N–H and O–H groups in total. The molecule has 3 nitrogen and oxygen atoms in total. The molecule has 1 saturated heterocycles. The summed E-state index contributed by atoms with van der Waals surface area (Å²) in [5, 5.41) is 14.2. The van der Waals surface area contributed by atoms with E-state index in [4.69, 9.17) is 0 Å². The molecule has 3 unspecified atom stereocenters. The van der Waals surface area contributed by atoms with Gasteiger partial charge >= 0.3 is 0 Å². The molecular formula is C17H32N2O. The largest absolute Gasteiger partial charge is 0.393 e. The van der Waals surface area contributed by atoms with E-state index in [9.17, 15) is 5.11 Å². The molecule has 1 heterocycles. The van der Waals surface area contributed by atoms with Gasteiger partial charge in [0.1, 0.15) is 0 Å². The van der Waals surface area contributed by atoms with Crippen LogP contribution >= 0.6 is 0 Å². The van der Waals surface area contributed by atoms with Crippen LogP contribution in [0.15, 0.2) is 0 Å². The molecule has 116 valence electrons. The monoisotopic (exact) mass is 280 g/mol. The summed E-state index contributed by atoms with van der Waals surface area (Å²) in [5.74, 6) is 1.44. The van der Waals surface area contributed by atoms with Gasteiger partial charge in [-0.3, -0.25) is 0 Å². The van der Waals surface area contributed by atoms with E-state index in [1.54, 1.807) is 0 Å². The zero-order valence-electron chi connectivity index (χ0n) is 13.1. The average Bonchev–Trinajstić information content (AvgIpc) is 3.11. The molecule has 1 aliphatic heterocycles. The van der Waals surface area contributed by atoms with Gasteiger partial charge in [0, 0.05) is 31.7 Å². The second-order valence-electron chi connectivity index (χ2n) is 7.48. The Hall–Kier alpha value is -0.120. The van der Waals surface area contributed by atoms with Crippen molar-refractivity contribution in [2.75, 3.05) is 19.6 Å². The first-order chi connectivity index (χ1) is 9.74. The van der Waals surface area contributed by atoms with Crippen LogP contribution in [0, 0.1) is 11.8 Å². The van der Waals surface area contributed by atoms with Gasteiger partial charge in [0.2, 0.25) is 0 Å². The summed E-state index contributed by atoms with van der Waals surface area (Å²) in [6.07, 6.45) is 10.3. The van der Waals surface area contributed by atoms with E-state index in [0.717, 1.165) is 24.9 Å². The number of nitrogens with zero attached hydrogens (tertiary/aromatic N) is 1. The lowest BCUT2D eigenvalue weighted by Gasteiger charge is -2.41. The smallest absolute Gasteiger partial charge is 0.0578 e. The molecule has 0 bridgehead atoms. The predicted octanol–water partition coefficient (Wildman–Crippen LogP) is 2.39. The minimum atomic E-state index is -0.107. The number of likely N-dealkylation sites (tertiary alicyclic amines) is 1. The van der Waals surface area contributed by atoms with Gasteiger partial charge in [0.15, 0.2) is 0 Å². The average molecular weight is 280 g/mol. The van der Waals surface area contributed by atoms with E-state index in [0.29, 0.717) is 12.0 Å². The minimum absolute atomic E-state index is 0.107. The second-order valence-corrected chi connectivity index (χ2v) is 7.48. The molecule has 0 amide bonds. The third-order valence-corrected chi connectivity index (χ3v) is 5.56. The van der Waals surface area contributed by atoms with Crippen molar-refractivity contribution in [3.63, 3.8) is 0 Å². The Kier molecular flexibility index (Phi) is 5.00. The molecule has 2 aliphatic carbocycles. The molecule has 3 rings (SSSR count). The van der Waals surface area contributed by atoms with E-state index >= 15 is 0 Å². The summed E-state index contributed by atoms with van der Waals surface area (Å²) in [6, 6.07) is 1.36. The van der Waals surface area contributed by atoms with Crippen LogP contribution < -0.4 is 5.32 Å². The minimum Gasteiger partial charge on any atom is -0.393 e. The second kappa shape index (κ2) is 6.76. The molecular weight excluding hydrogens is 248 g/mol. The van der Waals surface area contributed by atoms with Crippen molar-refractivity contribution >= 4 is 0 Å². The van der Waals surface area contributed by atoms with Crippen molar-refractivity contribution in [1.82, 2.24) is 10.2 Å². The summed E-state index contributed by atoms with van der Waals surface area (Å²) < 4.78 is 0. The molecule has 3 aliphatic rings. The van der Waals surface area contributed by atoms with Crippen LogP contribution in [0.4, 0.5) is 0 Å². The maximum absolute atomic E-state index is 10.3. The van der Waals surface area contributed by atoms with Crippen LogP contribution in [0.3, 0.4) is 0 Å². The van der Waals surface area contributed by atoms with Crippen molar-refractivity contribution in [2.45, 2.75) is 76.5 Å². The lowest BCUT2D eigenvalue weighted by molar-refractivity contribution is 0.0321. The van der Waals surface area contributed by atoms with Gasteiger partial charge < -0.3 is 15.3 Å². The lowest BCUT2D eigenvalue weighted by atomic mass is 9.88. The molecule has 0 spiro atoms. The normalized spacial score (nSPS) is 34.5. The highest BCUT2D eigenvalue weighted by Gasteiger charge is 2.34. The molecule has 3 atom stereocenters. The van der Waals surface area contributed by atoms with E-state index in [-0.39, 0.29) is 6.10 Å². The molecule has 0 aromatic rings. The highest BCUT2D eigenvalue weighted by Crippen LogP contribution is 2.32. The highest BCUT2D eigenvalue weighted by atomic mass is 16.3. The lowest BCUT2D eigenvalue weighted by Crippen LogP contribution is -2.53. The Balaban J connectivity index is 1.55. The topological polar surface area (TPSA) is 35.5 Å². The zero-order chi connectivity index (χ0) is 13.9. The van der Waals surface area contributed by atoms with E-state index in [1.165, 1.54) is 58.0 Å². The van der Waals surface area contributed by atoms with Crippen LogP contribution in [0.5, 0.6) is 0 Å². The van der Waals surface area contributed by atoms with Crippen LogP contribution in [0.1, 0.15) is 58.3 Å². The van der Waals surface area contributed by atoms with Crippen molar-refractivity contribution in [1.29, 1.82) is 0 Å². The maximum atomic E-state index is 10.3. The van der Waals surface area contributed by atoms with Crippen LogP contribution in [0.25, 0.3) is 0 Å². The summed E-state index contributed by atoms with van der Waals surface area (Å²) >= 11 is 0. The predicted molar refractivity (Wildman–Crippen MR) is 82.7 cm³/mol. The fourth-order valence-corrected chi connectivity index (χ4v) is 4.21. The van der Waals surface area contributed by atoms with E-state index in [2.05, 4.69) is 17.1 Å². The summed E-state index contributed by atoms with van der Waals surface area (Å²) in [5.41, 5.74) is 0. The zero-order valence-corrected chi connectivity index (χ0v) is 13.1. The number of hydrogen-bond donors (Lipinski definition) is 2. The van der Waals surface area contributed by atoms with Gasteiger partial charge in [-0.05, 0) is 50.4 Å². The Morgan fingerprint density at radius 1 is 1.10 bits per heavy atom. The number of aliphatic hydroxyl groups excluding tert-OH is 1. The molecule has 0 aromatic carbocycles.